The third-order valence-electron chi connectivity index (χ3n) is 2.75. The van der Waals surface area contributed by atoms with Crippen LogP contribution in [0.15, 0.2) is 42.6 Å². The summed E-state index contributed by atoms with van der Waals surface area (Å²) in [6.45, 7) is 1.98. The van der Waals surface area contributed by atoms with Gasteiger partial charge in [0, 0.05) is 6.07 Å². The van der Waals surface area contributed by atoms with Gasteiger partial charge < -0.3 is 9.47 Å². The van der Waals surface area contributed by atoms with Crippen LogP contribution < -0.4 is 9.47 Å². The zero-order chi connectivity index (χ0) is 15.9. The van der Waals surface area contributed by atoms with Crippen LogP contribution in [-0.2, 0) is 0 Å². The molecule has 0 aliphatic heterocycles. The van der Waals surface area contributed by atoms with Crippen molar-refractivity contribution in [3.63, 3.8) is 0 Å². The fourth-order valence-corrected chi connectivity index (χ4v) is 1.78. The first-order valence-corrected chi connectivity index (χ1v) is 6.54. The molecular formula is C15H13N3O4. The zero-order valence-electron chi connectivity index (χ0n) is 11.8. The lowest BCUT2D eigenvalue weighted by atomic mass is 10.2. The number of benzene rings is 1. The first-order chi connectivity index (χ1) is 10.7. The van der Waals surface area contributed by atoms with Crippen LogP contribution >= 0.6 is 0 Å². The number of nitrogens with zero attached hydrogens (tertiary/aromatic N) is 3. The molecule has 112 valence electrons. The number of hydrogen-bond donors (Lipinski definition) is 0. The summed E-state index contributed by atoms with van der Waals surface area (Å²) >= 11 is 0. The van der Waals surface area contributed by atoms with Gasteiger partial charge in [-0.3, -0.25) is 10.1 Å². The average Bonchev–Trinajstić information content (AvgIpc) is 2.53. The fourth-order valence-electron chi connectivity index (χ4n) is 1.78. The Labute approximate surface area is 126 Å². The van der Waals surface area contributed by atoms with Gasteiger partial charge in [0.15, 0.2) is 0 Å². The van der Waals surface area contributed by atoms with Gasteiger partial charge in [0.05, 0.1) is 17.2 Å². The highest BCUT2D eigenvalue weighted by molar-refractivity contribution is 5.46. The van der Waals surface area contributed by atoms with E-state index in [1.807, 2.05) is 12.1 Å². The summed E-state index contributed by atoms with van der Waals surface area (Å²) in [5.41, 5.74) is 0.00223. The van der Waals surface area contributed by atoms with Crippen LogP contribution in [-0.4, -0.2) is 16.5 Å². The zero-order valence-corrected chi connectivity index (χ0v) is 11.8. The van der Waals surface area contributed by atoms with Gasteiger partial charge in [-0.15, -0.1) is 0 Å². The van der Waals surface area contributed by atoms with Crippen LogP contribution in [0.3, 0.4) is 0 Å². The molecule has 0 spiro atoms. The second-order valence-corrected chi connectivity index (χ2v) is 4.21. The van der Waals surface area contributed by atoms with E-state index in [0.29, 0.717) is 5.75 Å². The molecule has 1 aromatic heterocycles. The van der Waals surface area contributed by atoms with E-state index >= 15 is 0 Å². The average molecular weight is 299 g/mol. The number of para-hydroxylation sites is 1. The monoisotopic (exact) mass is 299 g/mol. The van der Waals surface area contributed by atoms with Gasteiger partial charge in [-0.2, -0.15) is 5.26 Å². The lowest BCUT2D eigenvalue weighted by molar-refractivity contribution is -0.386. The summed E-state index contributed by atoms with van der Waals surface area (Å²) in [7, 11) is 0. The molecule has 0 aliphatic carbocycles. The minimum atomic E-state index is -0.984. The van der Waals surface area contributed by atoms with Crippen molar-refractivity contribution in [3.05, 3.63) is 58.4 Å². The van der Waals surface area contributed by atoms with Crippen molar-refractivity contribution < 1.29 is 14.4 Å². The molecule has 7 nitrogen and oxygen atoms in total. The number of nitro groups is 1. The summed E-state index contributed by atoms with van der Waals surface area (Å²) in [5.74, 6) is 0.571. The minimum Gasteiger partial charge on any atom is -0.487 e. The SMILES string of the molecule is CCOc1cc(C(C#N)Oc2ccccc2)ncc1[N+](=O)[O-]. The highest BCUT2D eigenvalue weighted by Crippen LogP contribution is 2.29. The Hall–Kier alpha value is -3.14. The fraction of sp³-hybridized carbons (Fsp3) is 0.200. The first-order valence-electron chi connectivity index (χ1n) is 6.54. The van der Waals surface area contributed by atoms with Crippen molar-refractivity contribution in [3.8, 4) is 17.6 Å². The maximum Gasteiger partial charge on any atom is 0.329 e. The van der Waals surface area contributed by atoms with E-state index < -0.39 is 11.0 Å². The van der Waals surface area contributed by atoms with E-state index in [9.17, 15) is 15.4 Å². The van der Waals surface area contributed by atoms with Crippen molar-refractivity contribution in [2.24, 2.45) is 0 Å². The van der Waals surface area contributed by atoms with E-state index in [4.69, 9.17) is 9.47 Å². The van der Waals surface area contributed by atoms with Crippen LogP contribution in [0.25, 0.3) is 0 Å². The van der Waals surface area contributed by atoms with Crippen molar-refractivity contribution in [1.29, 1.82) is 5.26 Å². The molecule has 0 N–H and O–H groups in total. The van der Waals surface area contributed by atoms with E-state index in [2.05, 4.69) is 4.98 Å². The lowest BCUT2D eigenvalue weighted by Crippen LogP contribution is -2.09. The van der Waals surface area contributed by atoms with E-state index in [1.165, 1.54) is 6.07 Å². The molecule has 0 fully saturated rings. The molecule has 0 amide bonds. The van der Waals surface area contributed by atoms with Crippen molar-refractivity contribution in [2.75, 3.05) is 6.61 Å². The highest BCUT2D eigenvalue weighted by Gasteiger charge is 2.21. The summed E-state index contributed by atoms with van der Waals surface area (Å²) in [4.78, 5) is 14.3. The number of nitriles is 1. The normalized spacial score (nSPS) is 11.3. The van der Waals surface area contributed by atoms with Gasteiger partial charge in [-0.05, 0) is 19.1 Å². The molecule has 0 aliphatic rings. The molecule has 2 aromatic rings. The van der Waals surface area contributed by atoms with Crippen LogP contribution in [0.5, 0.6) is 11.5 Å². The number of aromatic nitrogens is 1. The maximum atomic E-state index is 10.9. The minimum absolute atomic E-state index is 0.0643. The molecule has 0 saturated carbocycles. The summed E-state index contributed by atoms with van der Waals surface area (Å²) < 4.78 is 10.8. The summed E-state index contributed by atoms with van der Waals surface area (Å²) in [6, 6.07) is 12.1. The Balaban J connectivity index is 2.31. The molecule has 2 rings (SSSR count). The second kappa shape index (κ2) is 7.04. The molecule has 0 bridgehead atoms. The van der Waals surface area contributed by atoms with Gasteiger partial charge in [-0.25, -0.2) is 4.98 Å². The van der Waals surface area contributed by atoms with Gasteiger partial charge in [0.1, 0.15) is 18.0 Å². The standard InChI is InChI=1S/C15H13N3O4/c1-2-21-14-8-12(17-10-13(14)18(19)20)15(9-16)22-11-6-4-3-5-7-11/h3-8,10,15H,2H2,1H3. The van der Waals surface area contributed by atoms with E-state index in [0.717, 1.165) is 6.20 Å². The molecule has 22 heavy (non-hydrogen) atoms. The number of pyridine rings is 1. The third-order valence-corrected chi connectivity index (χ3v) is 2.75. The molecule has 0 saturated heterocycles. The molecule has 0 radical (unpaired) electrons. The van der Waals surface area contributed by atoms with Crippen LogP contribution in [0, 0.1) is 21.4 Å². The largest absolute Gasteiger partial charge is 0.487 e. The predicted octanol–water partition coefficient (Wildman–Crippen LogP) is 3.03. The first kappa shape index (κ1) is 15.3. The maximum absolute atomic E-state index is 10.9. The Morgan fingerprint density at radius 2 is 2.14 bits per heavy atom. The van der Waals surface area contributed by atoms with Crippen LogP contribution in [0.2, 0.25) is 0 Å². The molecule has 1 unspecified atom stereocenters. The number of rotatable bonds is 6. The third kappa shape index (κ3) is 3.49. The Morgan fingerprint density at radius 1 is 1.41 bits per heavy atom. The van der Waals surface area contributed by atoms with Gasteiger partial charge in [0.2, 0.25) is 11.9 Å². The Kier molecular flexibility index (Phi) is 4.88. The van der Waals surface area contributed by atoms with Crippen molar-refractivity contribution in [1.82, 2.24) is 4.98 Å². The molecule has 7 heteroatoms. The highest BCUT2D eigenvalue weighted by atomic mass is 16.6. The number of ether oxygens (including phenoxy) is 2. The molecule has 1 atom stereocenters. The molecule has 1 heterocycles. The lowest BCUT2D eigenvalue weighted by Gasteiger charge is -2.13. The summed E-state index contributed by atoms with van der Waals surface area (Å²) in [6.07, 6.45) is 0.0846. The van der Waals surface area contributed by atoms with Crippen molar-refractivity contribution in [2.45, 2.75) is 13.0 Å². The predicted molar refractivity (Wildman–Crippen MR) is 77.5 cm³/mol. The van der Waals surface area contributed by atoms with Gasteiger partial charge in [0.25, 0.3) is 0 Å². The topological polar surface area (TPSA) is 98.3 Å². The van der Waals surface area contributed by atoms with Gasteiger partial charge >= 0.3 is 5.69 Å². The molecule has 1 aromatic carbocycles. The Bertz CT molecular complexity index is 698. The van der Waals surface area contributed by atoms with Crippen LogP contribution in [0.1, 0.15) is 18.7 Å². The van der Waals surface area contributed by atoms with E-state index in [-0.39, 0.29) is 23.7 Å². The Morgan fingerprint density at radius 3 is 2.73 bits per heavy atom. The van der Waals surface area contributed by atoms with E-state index in [1.54, 1.807) is 31.2 Å². The quantitative estimate of drug-likeness (QED) is 0.600. The van der Waals surface area contributed by atoms with Crippen LogP contribution in [0.4, 0.5) is 5.69 Å². The second-order valence-electron chi connectivity index (χ2n) is 4.21. The van der Waals surface area contributed by atoms with Gasteiger partial charge in [-0.1, -0.05) is 18.2 Å². The molecular weight excluding hydrogens is 286 g/mol. The summed E-state index contributed by atoms with van der Waals surface area (Å²) in [5, 5.41) is 20.2. The smallest absolute Gasteiger partial charge is 0.329 e. The van der Waals surface area contributed by atoms with Crippen molar-refractivity contribution >= 4 is 5.69 Å². The number of hydrogen-bond acceptors (Lipinski definition) is 6.